The van der Waals surface area contributed by atoms with Gasteiger partial charge in [-0.05, 0) is 12.1 Å². The monoisotopic (exact) mass is 252 g/mol. The highest BCUT2D eigenvalue weighted by atomic mass is 35.5. The number of aromatic nitrogens is 2. The van der Waals surface area contributed by atoms with Gasteiger partial charge in [-0.25, -0.2) is 0 Å². The molecule has 1 aromatic heterocycles. The number of allylic oxidation sites excluding steroid dienone is 1. The zero-order valence-electron chi connectivity index (χ0n) is 8.45. The Morgan fingerprint density at radius 3 is 2.69 bits per heavy atom. The van der Waals surface area contributed by atoms with E-state index in [0.29, 0.717) is 5.88 Å². The minimum absolute atomic E-state index is 0.491. The minimum atomic E-state index is 0.491. The van der Waals surface area contributed by atoms with Crippen molar-refractivity contribution in [1.82, 2.24) is 10.2 Å². The second kappa shape index (κ2) is 5.19. The van der Waals surface area contributed by atoms with Gasteiger partial charge in [0.2, 0.25) is 0 Å². The molecule has 2 rings (SSSR count). The first-order valence-electron chi connectivity index (χ1n) is 4.83. The Morgan fingerprint density at radius 2 is 2.00 bits per heavy atom. The van der Waals surface area contributed by atoms with E-state index < -0.39 is 0 Å². The van der Waals surface area contributed by atoms with Gasteiger partial charge < -0.3 is 0 Å². The Balaban J connectivity index is 2.36. The summed E-state index contributed by atoms with van der Waals surface area (Å²) in [7, 11) is 0. The fraction of sp³-hybridized carbons (Fsp3) is 0.0833. The molecule has 0 radical (unpaired) electrons. The number of nitrogens with one attached hydrogen (secondary N) is 1. The molecular weight excluding hydrogens is 243 g/mol. The van der Waals surface area contributed by atoms with Gasteiger partial charge in [0.05, 0.1) is 11.9 Å². The van der Waals surface area contributed by atoms with Gasteiger partial charge in [-0.2, -0.15) is 5.10 Å². The molecule has 1 heterocycles. The SMILES string of the molecule is ClCC=Cc1cn[nH]c1-c1ccc(Cl)cc1. The van der Waals surface area contributed by atoms with E-state index in [-0.39, 0.29) is 0 Å². The van der Waals surface area contributed by atoms with Crippen molar-refractivity contribution in [2.75, 3.05) is 5.88 Å². The molecule has 0 atom stereocenters. The maximum atomic E-state index is 5.84. The quantitative estimate of drug-likeness (QED) is 0.823. The van der Waals surface area contributed by atoms with Crippen LogP contribution in [-0.2, 0) is 0 Å². The molecule has 16 heavy (non-hydrogen) atoms. The van der Waals surface area contributed by atoms with Crippen molar-refractivity contribution in [1.29, 1.82) is 0 Å². The molecule has 2 aromatic rings. The summed E-state index contributed by atoms with van der Waals surface area (Å²) in [6.07, 6.45) is 5.60. The second-order valence-electron chi connectivity index (χ2n) is 3.26. The van der Waals surface area contributed by atoms with Crippen molar-refractivity contribution < 1.29 is 0 Å². The molecule has 0 spiro atoms. The maximum Gasteiger partial charge on any atom is 0.0722 e. The van der Waals surface area contributed by atoms with Crippen molar-refractivity contribution >= 4 is 29.3 Å². The highest BCUT2D eigenvalue weighted by molar-refractivity contribution is 6.30. The summed E-state index contributed by atoms with van der Waals surface area (Å²) in [6.45, 7) is 0. The van der Waals surface area contributed by atoms with Crippen LogP contribution in [0.4, 0.5) is 0 Å². The number of benzene rings is 1. The molecule has 0 aliphatic rings. The van der Waals surface area contributed by atoms with E-state index in [4.69, 9.17) is 23.2 Å². The molecule has 82 valence electrons. The predicted octanol–water partition coefficient (Wildman–Crippen LogP) is 3.98. The first-order chi connectivity index (χ1) is 7.81. The van der Waals surface area contributed by atoms with Gasteiger partial charge in [-0.3, -0.25) is 5.10 Å². The number of rotatable bonds is 3. The highest BCUT2D eigenvalue weighted by Gasteiger charge is 2.04. The summed E-state index contributed by atoms with van der Waals surface area (Å²) in [4.78, 5) is 0. The lowest BCUT2D eigenvalue weighted by molar-refractivity contribution is 1.10. The van der Waals surface area contributed by atoms with E-state index in [2.05, 4.69) is 10.2 Å². The Hall–Kier alpha value is -1.25. The number of alkyl halides is 1. The van der Waals surface area contributed by atoms with Crippen LogP contribution in [0.25, 0.3) is 17.3 Å². The standard InChI is InChI=1S/C12H10Cl2N2/c13-7-1-2-10-8-15-16-12(10)9-3-5-11(14)6-4-9/h1-6,8H,7H2,(H,15,16). The van der Waals surface area contributed by atoms with Gasteiger partial charge in [0.15, 0.2) is 0 Å². The first kappa shape index (κ1) is 11.2. The molecule has 4 heteroatoms. The third-order valence-electron chi connectivity index (χ3n) is 2.19. The molecule has 2 nitrogen and oxygen atoms in total. The van der Waals surface area contributed by atoms with Gasteiger partial charge >= 0.3 is 0 Å². The van der Waals surface area contributed by atoms with E-state index in [1.54, 1.807) is 6.20 Å². The number of aromatic amines is 1. The van der Waals surface area contributed by atoms with E-state index in [9.17, 15) is 0 Å². The smallest absolute Gasteiger partial charge is 0.0722 e. The van der Waals surface area contributed by atoms with Crippen molar-refractivity contribution in [3.8, 4) is 11.3 Å². The summed E-state index contributed by atoms with van der Waals surface area (Å²) in [5.74, 6) is 0.491. The molecule has 0 unspecified atom stereocenters. The van der Waals surface area contributed by atoms with Crippen LogP contribution in [0.3, 0.4) is 0 Å². The number of halogens is 2. The summed E-state index contributed by atoms with van der Waals surface area (Å²) >= 11 is 11.4. The first-order valence-corrected chi connectivity index (χ1v) is 5.74. The normalized spacial score (nSPS) is 11.1. The molecule has 0 fully saturated rings. The third kappa shape index (κ3) is 2.46. The molecule has 0 amide bonds. The van der Waals surface area contributed by atoms with Crippen molar-refractivity contribution in [2.24, 2.45) is 0 Å². The van der Waals surface area contributed by atoms with Crippen LogP contribution in [0.5, 0.6) is 0 Å². The zero-order chi connectivity index (χ0) is 11.4. The summed E-state index contributed by atoms with van der Waals surface area (Å²) in [5, 5.41) is 7.71. The lowest BCUT2D eigenvalue weighted by Gasteiger charge is -1.99. The van der Waals surface area contributed by atoms with Crippen LogP contribution < -0.4 is 0 Å². The van der Waals surface area contributed by atoms with Gasteiger partial charge in [0.25, 0.3) is 0 Å². The molecule has 0 bridgehead atoms. The fourth-order valence-electron chi connectivity index (χ4n) is 1.44. The molecule has 0 saturated carbocycles. The van der Waals surface area contributed by atoms with Gasteiger partial charge in [-0.15, -0.1) is 11.6 Å². The summed E-state index contributed by atoms with van der Waals surface area (Å²) in [6, 6.07) is 7.61. The molecule has 1 N–H and O–H groups in total. The van der Waals surface area contributed by atoms with Gasteiger partial charge in [0.1, 0.15) is 0 Å². The Bertz CT molecular complexity index is 486. The topological polar surface area (TPSA) is 28.7 Å². The number of hydrogen-bond acceptors (Lipinski definition) is 1. The van der Waals surface area contributed by atoms with Crippen molar-refractivity contribution in [3.63, 3.8) is 0 Å². The maximum absolute atomic E-state index is 5.84. The second-order valence-corrected chi connectivity index (χ2v) is 4.01. The van der Waals surface area contributed by atoms with Crippen molar-refractivity contribution in [3.05, 3.63) is 47.1 Å². The number of nitrogens with zero attached hydrogens (tertiary/aromatic N) is 1. The Labute approximate surface area is 104 Å². The summed E-state index contributed by atoms with van der Waals surface area (Å²) < 4.78 is 0. The van der Waals surface area contributed by atoms with E-state index in [0.717, 1.165) is 21.8 Å². The van der Waals surface area contributed by atoms with Crippen molar-refractivity contribution in [2.45, 2.75) is 0 Å². The lowest BCUT2D eigenvalue weighted by atomic mass is 10.1. The Morgan fingerprint density at radius 1 is 1.25 bits per heavy atom. The largest absolute Gasteiger partial charge is 0.277 e. The van der Waals surface area contributed by atoms with Crippen LogP contribution in [0.2, 0.25) is 5.02 Å². The number of hydrogen-bond donors (Lipinski definition) is 1. The lowest BCUT2D eigenvalue weighted by Crippen LogP contribution is -1.80. The molecule has 1 aromatic carbocycles. The average Bonchev–Trinajstić information content (AvgIpc) is 2.75. The molecular formula is C12H10Cl2N2. The molecule has 0 aliphatic heterocycles. The number of H-pyrrole nitrogens is 1. The average molecular weight is 253 g/mol. The molecule has 0 saturated heterocycles. The van der Waals surface area contributed by atoms with Crippen LogP contribution in [-0.4, -0.2) is 16.1 Å². The highest BCUT2D eigenvalue weighted by Crippen LogP contribution is 2.23. The Kier molecular flexibility index (Phi) is 3.65. The fourth-order valence-corrected chi connectivity index (χ4v) is 1.66. The minimum Gasteiger partial charge on any atom is -0.277 e. The van der Waals surface area contributed by atoms with Crippen LogP contribution in [0, 0.1) is 0 Å². The van der Waals surface area contributed by atoms with Crippen LogP contribution in [0.15, 0.2) is 36.5 Å². The van der Waals surface area contributed by atoms with E-state index in [1.807, 2.05) is 36.4 Å². The van der Waals surface area contributed by atoms with E-state index >= 15 is 0 Å². The van der Waals surface area contributed by atoms with Crippen LogP contribution >= 0.6 is 23.2 Å². The van der Waals surface area contributed by atoms with Gasteiger partial charge in [0, 0.05) is 22.0 Å². The summed E-state index contributed by atoms with van der Waals surface area (Å²) in [5.41, 5.74) is 3.04. The van der Waals surface area contributed by atoms with Gasteiger partial charge in [-0.1, -0.05) is 35.9 Å². The van der Waals surface area contributed by atoms with Crippen LogP contribution in [0.1, 0.15) is 5.56 Å². The molecule has 0 aliphatic carbocycles. The predicted molar refractivity (Wildman–Crippen MR) is 68.8 cm³/mol. The van der Waals surface area contributed by atoms with E-state index in [1.165, 1.54) is 0 Å². The zero-order valence-corrected chi connectivity index (χ0v) is 9.96. The third-order valence-corrected chi connectivity index (χ3v) is 2.62.